The molecule has 7 nitrogen and oxygen atoms in total. The number of ether oxygens (including phenoxy) is 1. The van der Waals surface area contributed by atoms with Gasteiger partial charge in [0.2, 0.25) is 5.91 Å². The minimum absolute atomic E-state index is 0.0719. The molecule has 2 amide bonds. The van der Waals surface area contributed by atoms with Crippen LogP contribution in [0.15, 0.2) is 53.6 Å². The van der Waals surface area contributed by atoms with Crippen LogP contribution in [0.25, 0.3) is 0 Å². The SMILES string of the molecule is Cc1ccc(C)c(N2N=C(C(=O)NCC3CN(Cc4ccccc4)CCO3)CCC2=O)c1. The number of aryl methyl sites for hydroxylation is 2. The van der Waals surface area contributed by atoms with Gasteiger partial charge in [-0.15, -0.1) is 0 Å². The largest absolute Gasteiger partial charge is 0.374 e. The number of benzene rings is 2. The minimum atomic E-state index is -0.239. The Morgan fingerprint density at radius 3 is 2.78 bits per heavy atom. The number of anilines is 1. The van der Waals surface area contributed by atoms with Crippen molar-refractivity contribution in [3.05, 3.63) is 65.2 Å². The molecule has 1 unspecified atom stereocenters. The monoisotopic (exact) mass is 434 g/mol. The van der Waals surface area contributed by atoms with E-state index in [-0.39, 0.29) is 24.3 Å². The average Bonchev–Trinajstić information content (AvgIpc) is 2.80. The summed E-state index contributed by atoms with van der Waals surface area (Å²) in [6.45, 7) is 7.47. The van der Waals surface area contributed by atoms with Gasteiger partial charge in [0.25, 0.3) is 5.91 Å². The summed E-state index contributed by atoms with van der Waals surface area (Å²) in [7, 11) is 0. The molecular formula is C25H30N4O3. The van der Waals surface area contributed by atoms with Gasteiger partial charge in [-0.2, -0.15) is 5.10 Å². The summed E-state index contributed by atoms with van der Waals surface area (Å²) < 4.78 is 5.86. The summed E-state index contributed by atoms with van der Waals surface area (Å²) in [5, 5.41) is 8.74. The number of morpholine rings is 1. The van der Waals surface area contributed by atoms with Crippen molar-refractivity contribution in [2.45, 2.75) is 39.3 Å². The maximum absolute atomic E-state index is 12.8. The van der Waals surface area contributed by atoms with Crippen molar-refractivity contribution in [2.24, 2.45) is 5.10 Å². The van der Waals surface area contributed by atoms with Crippen LogP contribution in [0.1, 0.15) is 29.5 Å². The molecule has 7 heteroatoms. The zero-order valence-electron chi connectivity index (χ0n) is 18.7. The Labute approximate surface area is 189 Å². The minimum Gasteiger partial charge on any atom is -0.374 e. The molecule has 0 saturated carbocycles. The number of carbonyl (C=O) groups is 2. The van der Waals surface area contributed by atoms with E-state index in [0.717, 1.165) is 36.4 Å². The molecule has 168 valence electrons. The maximum Gasteiger partial charge on any atom is 0.267 e. The number of hydrogen-bond donors (Lipinski definition) is 1. The molecule has 1 N–H and O–H groups in total. The summed E-state index contributed by atoms with van der Waals surface area (Å²) in [6.07, 6.45) is 0.541. The van der Waals surface area contributed by atoms with Crippen molar-refractivity contribution < 1.29 is 14.3 Å². The van der Waals surface area contributed by atoms with E-state index in [4.69, 9.17) is 4.74 Å². The molecule has 1 fully saturated rings. The van der Waals surface area contributed by atoms with Gasteiger partial charge in [-0.25, -0.2) is 5.01 Å². The van der Waals surface area contributed by atoms with E-state index in [0.29, 0.717) is 25.3 Å². The lowest BCUT2D eigenvalue weighted by Crippen LogP contribution is -2.48. The van der Waals surface area contributed by atoms with Gasteiger partial charge in [-0.1, -0.05) is 42.5 Å². The smallest absolute Gasteiger partial charge is 0.267 e. The molecule has 2 aromatic rings. The average molecular weight is 435 g/mol. The van der Waals surface area contributed by atoms with Crippen molar-refractivity contribution in [1.29, 1.82) is 0 Å². The summed E-state index contributed by atoms with van der Waals surface area (Å²) >= 11 is 0. The third kappa shape index (κ3) is 5.41. The van der Waals surface area contributed by atoms with Crippen LogP contribution < -0.4 is 10.3 Å². The number of carbonyl (C=O) groups excluding carboxylic acids is 2. The second kappa shape index (κ2) is 10.1. The lowest BCUT2D eigenvalue weighted by Gasteiger charge is -2.33. The van der Waals surface area contributed by atoms with Crippen LogP contribution in [0.3, 0.4) is 0 Å². The van der Waals surface area contributed by atoms with E-state index in [9.17, 15) is 9.59 Å². The second-order valence-corrected chi connectivity index (χ2v) is 8.47. The molecule has 2 heterocycles. The molecule has 0 bridgehead atoms. The van der Waals surface area contributed by atoms with Gasteiger partial charge in [0, 0.05) is 39.0 Å². The first-order valence-electron chi connectivity index (χ1n) is 11.1. The summed E-state index contributed by atoms with van der Waals surface area (Å²) in [6, 6.07) is 16.2. The highest BCUT2D eigenvalue weighted by molar-refractivity contribution is 6.40. The fourth-order valence-corrected chi connectivity index (χ4v) is 4.05. The number of nitrogens with zero attached hydrogens (tertiary/aromatic N) is 3. The Balaban J connectivity index is 1.36. The molecule has 1 atom stereocenters. The molecule has 32 heavy (non-hydrogen) atoms. The van der Waals surface area contributed by atoms with E-state index in [1.807, 2.05) is 50.2 Å². The van der Waals surface area contributed by atoms with E-state index in [1.165, 1.54) is 10.6 Å². The highest BCUT2D eigenvalue weighted by Gasteiger charge is 2.27. The summed E-state index contributed by atoms with van der Waals surface area (Å²) in [4.78, 5) is 27.6. The van der Waals surface area contributed by atoms with Gasteiger partial charge in [0.15, 0.2) is 0 Å². The maximum atomic E-state index is 12.8. The van der Waals surface area contributed by atoms with E-state index in [2.05, 4.69) is 27.5 Å². The summed E-state index contributed by atoms with van der Waals surface area (Å²) in [5.74, 6) is -0.334. The van der Waals surface area contributed by atoms with Crippen molar-refractivity contribution in [3.63, 3.8) is 0 Å². The van der Waals surface area contributed by atoms with Crippen molar-refractivity contribution >= 4 is 23.2 Å². The Morgan fingerprint density at radius 1 is 1.16 bits per heavy atom. The Kier molecular flexibility index (Phi) is 6.97. The molecule has 2 aromatic carbocycles. The molecule has 0 aliphatic carbocycles. The van der Waals surface area contributed by atoms with Gasteiger partial charge in [-0.05, 0) is 36.6 Å². The molecule has 4 rings (SSSR count). The van der Waals surface area contributed by atoms with Crippen LogP contribution in [0.4, 0.5) is 5.69 Å². The number of rotatable bonds is 6. The predicted octanol–water partition coefficient (Wildman–Crippen LogP) is 2.80. The van der Waals surface area contributed by atoms with Crippen LogP contribution in [-0.2, 0) is 20.9 Å². The van der Waals surface area contributed by atoms with Gasteiger partial charge < -0.3 is 10.1 Å². The van der Waals surface area contributed by atoms with Gasteiger partial charge in [0.1, 0.15) is 5.71 Å². The van der Waals surface area contributed by atoms with E-state index in [1.54, 1.807) is 0 Å². The Bertz CT molecular complexity index is 1010. The van der Waals surface area contributed by atoms with Crippen LogP contribution in [-0.4, -0.2) is 54.8 Å². The normalized spacial score (nSPS) is 19.6. The first-order chi connectivity index (χ1) is 15.5. The molecule has 0 radical (unpaired) electrons. The first kappa shape index (κ1) is 22.2. The highest BCUT2D eigenvalue weighted by atomic mass is 16.5. The standard InChI is InChI=1S/C25H30N4O3/c1-18-8-9-19(2)23(14-18)29-24(30)11-10-22(27-29)25(31)26-15-21-17-28(12-13-32-21)16-20-6-4-3-5-7-20/h3-9,14,21H,10-13,15-17H2,1-2H3,(H,26,31). The molecule has 0 aromatic heterocycles. The van der Waals surface area contributed by atoms with Gasteiger partial charge >= 0.3 is 0 Å². The van der Waals surface area contributed by atoms with Gasteiger partial charge in [-0.3, -0.25) is 14.5 Å². The number of nitrogens with one attached hydrogen (secondary N) is 1. The van der Waals surface area contributed by atoms with Crippen molar-refractivity contribution in [2.75, 3.05) is 31.3 Å². The first-order valence-corrected chi connectivity index (χ1v) is 11.1. The fraction of sp³-hybridized carbons (Fsp3) is 0.400. The van der Waals surface area contributed by atoms with Crippen molar-refractivity contribution in [3.8, 4) is 0 Å². The fourth-order valence-electron chi connectivity index (χ4n) is 4.05. The Morgan fingerprint density at radius 2 is 1.97 bits per heavy atom. The predicted molar refractivity (Wildman–Crippen MR) is 125 cm³/mol. The third-order valence-electron chi connectivity index (χ3n) is 5.85. The number of hydrazone groups is 1. The topological polar surface area (TPSA) is 74.2 Å². The van der Waals surface area contributed by atoms with E-state index < -0.39 is 0 Å². The van der Waals surface area contributed by atoms with E-state index >= 15 is 0 Å². The van der Waals surface area contributed by atoms with Crippen molar-refractivity contribution in [1.82, 2.24) is 10.2 Å². The zero-order chi connectivity index (χ0) is 22.5. The quantitative estimate of drug-likeness (QED) is 0.759. The van der Waals surface area contributed by atoms with Crippen LogP contribution in [0.2, 0.25) is 0 Å². The molecule has 1 saturated heterocycles. The van der Waals surface area contributed by atoms with Crippen LogP contribution >= 0.6 is 0 Å². The van der Waals surface area contributed by atoms with Crippen LogP contribution in [0, 0.1) is 13.8 Å². The second-order valence-electron chi connectivity index (χ2n) is 8.47. The molecule has 2 aliphatic heterocycles. The zero-order valence-corrected chi connectivity index (χ0v) is 18.7. The third-order valence-corrected chi connectivity index (χ3v) is 5.85. The number of hydrogen-bond acceptors (Lipinski definition) is 5. The Hall–Kier alpha value is -3.03. The van der Waals surface area contributed by atoms with Crippen LogP contribution in [0.5, 0.6) is 0 Å². The highest BCUT2D eigenvalue weighted by Crippen LogP contribution is 2.25. The number of amides is 2. The lowest BCUT2D eigenvalue weighted by atomic mass is 10.1. The molecular weight excluding hydrogens is 404 g/mol. The van der Waals surface area contributed by atoms with Gasteiger partial charge in [0.05, 0.1) is 18.4 Å². The molecule has 2 aliphatic rings. The molecule has 0 spiro atoms. The lowest BCUT2D eigenvalue weighted by molar-refractivity contribution is -0.119. The summed E-state index contributed by atoms with van der Waals surface area (Å²) in [5.41, 5.74) is 4.36.